The van der Waals surface area contributed by atoms with E-state index in [1.807, 2.05) is 6.92 Å². The average Bonchev–Trinajstić information content (AvgIpc) is 3.45. The Morgan fingerprint density at radius 1 is 1.11 bits per heavy atom. The van der Waals surface area contributed by atoms with E-state index in [1.54, 1.807) is 48.5 Å². The van der Waals surface area contributed by atoms with Crippen molar-refractivity contribution in [2.24, 2.45) is 0 Å². The van der Waals surface area contributed by atoms with Crippen molar-refractivity contribution in [1.82, 2.24) is 4.90 Å². The summed E-state index contributed by atoms with van der Waals surface area (Å²) in [5.41, 5.74) is 1.27. The van der Waals surface area contributed by atoms with Gasteiger partial charge in [0.05, 0.1) is 29.2 Å². The molecule has 9 nitrogen and oxygen atoms in total. The number of benzene rings is 2. The highest BCUT2D eigenvalue weighted by molar-refractivity contribution is 8.18. The zero-order chi connectivity index (χ0) is 26.5. The maximum Gasteiger partial charge on any atom is 0.339 e. The Morgan fingerprint density at radius 3 is 2.57 bits per heavy atom. The van der Waals surface area contributed by atoms with E-state index >= 15 is 0 Å². The van der Waals surface area contributed by atoms with Crippen LogP contribution in [0.4, 0.5) is 10.5 Å². The Labute approximate surface area is 221 Å². The van der Waals surface area contributed by atoms with Crippen molar-refractivity contribution in [1.29, 1.82) is 0 Å². The van der Waals surface area contributed by atoms with Crippen LogP contribution in [0.15, 0.2) is 63.9 Å². The number of esters is 1. The van der Waals surface area contributed by atoms with Crippen LogP contribution in [0.3, 0.4) is 0 Å². The first-order chi connectivity index (χ1) is 17.8. The third-order valence-electron chi connectivity index (χ3n) is 5.18. The van der Waals surface area contributed by atoms with Gasteiger partial charge in [-0.05, 0) is 73.3 Å². The summed E-state index contributed by atoms with van der Waals surface area (Å²) in [6, 6.07) is 14.8. The molecule has 2 heterocycles. The number of thioether (sulfide) groups is 1. The maximum atomic E-state index is 12.8. The lowest BCUT2D eigenvalue weighted by atomic mass is 10.1. The summed E-state index contributed by atoms with van der Waals surface area (Å²) in [5, 5.41) is 2.33. The van der Waals surface area contributed by atoms with Crippen molar-refractivity contribution in [2.45, 2.75) is 6.92 Å². The Hall–Kier alpha value is -4.02. The van der Waals surface area contributed by atoms with Crippen LogP contribution in [0.5, 0.6) is 5.75 Å². The fourth-order valence-electron chi connectivity index (χ4n) is 3.44. The van der Waals surface area contributed by atoms with E-state index < -0.39 is 29.6 Å². The topological polar surface area (TPSA) is 115 Å². The highest BCUT2D eigenvalue weighted by Crippen LogP contribution is 2.34. The van der Waals surface area contributed by atoms with Gasteiger partial charge in [-0.15, -0.1) is 0 Å². The summed E-state index contributed by atoms with van der Waals surface area (Å²) < 4.78 is 15.9. The van der Waals surface area contributed by atoms with Gasteiger partial charge in [0.1, 0.15) is 23.8 Å². The lowest BCUT2D eigenvalue weighted by Crippen LogP contribution is -2.36. The smallest absolute Gasteiger partial charge is 0.339 e. The molecule has 0 atom stereocenters. The molecule has 0 spiro atoms. The molecule has 3 aromatic rings. The molecule has 1 saturated heterocycles. The summed E-state index contributed by atoms with van der Waals surface area (Å²) in [4.78, 5) is 50.6. The summed E-state index contributed by atoms with van der Waals surface area (Å²) in [7, 11) is 1.26. The van der Waals surface area contributed by atoms with E-state index in [1.165, 1.54) is 19.3 Å². The van der Waals surface area contributed by atoms with Gasteiger partial charge in [-0.25, -0.2) is 4.79 Å². The van der Waals surface area contributed by atoms with Crippen LogP contribution in [0.2, 0.25) is 5.02 Å². The standard InChI is InChI=1S/C26H21ClN2O7S/c1-3-35-17-7-5-16(6-8-17)28-23(30)14-29-24(31)22(37-26(29)33)13-18-9-11-21(36-18)15-4-10-20(27)19(12-15)25(32)34-2/h4-13H,3,14H2,1-2H3,(H,28,30)/b22-13+. The van der Waals surface area contributed by atoms with Crippen LogP contribution < -0.4 is 10.1 Å². The normalized spacial score (nSPS) is 14.2. The summed E-state index contributed by atoms with van der Waals surface area (Å²) in [5.74, 6) is -0.307. The lowest BCUT2D eigenvalue weighted by Gasteiger charge is -2.12. The Kier molecular flexibility index (Phi) is 8.00. The highest BCUT2D eigenvalue weighted by atomic mass is 35.5. The van der Waals surface area contributed by atoms with Crippen molar-refractivity contribution in [3.8, 4) is 17.1 Å². The van der Waals surface area contributed by atoms with Gasteiger partial charge in [-0.2, -0.15) is 0 Å². The number of halogens is 1. The first-order valence-corrected chi connectivity index (χ1v) is 12.2. The Balaban J connectivity index is 1.43. The van der Waals surface area contributed by atoms with Gasteiger partial charge in [0.2, 0.25) is 5.91 Å². The molecule has 4 rings (SSSR count). The zero-order valence-corrected chi connectivity index (χ0v) is 21.4. The van der Waals surface area contributed by atoms with E-state index in [9.17, 15) is 19.2 Å². The molecule has 1 fully saturated rings. The van der Waals surface area contributed by atoms with Gasteiger partial charge in [-0.1, -0.05) is 11.6 Å². The summed E-state index contributed by atoms with van der Waals surface area (Å²) in [6.07, 6.45) is 1.43. The highest BCUT2D eigenvalue weighted by Gasteiger charge is 2.36. The fraction of sp³-hybridized carbons (Fsp3) is 0.154. The molecular formula is C26H21ClN2O7S. The van der Waals surface area contributed by atoms with E-state index in [-0.39, 0.29) is 15.5 Å². The molecule has 1 aliphatic rings. The molecule has 0 saturated carbocycles. The number of ether oxygens (including phenoxy) is 2. The Bertz CT molecular complexity index is 1400. The number of furan rings is 1. The summed E-state index contributed by atoms with van der Waals surface area (Å²) >= 11 is 6.78. The molecular weight excluding hydrogens is 520 g/mol. The number of hydrogen-bond acceptors (Lipinski definition) is 8. The van der Waals surface area contributed by atoms with Gasteiger partial charge in [0.25, 0.3) is 11.1 Å². The largest absolute Gasteiger partial charge is 0.494 e. The Morgan fingerprint density at radius 2 is 1.86 bits per heavy atom. The number of imide groups is 1. The van der Waals surface area contributed by atoms with Crippen LogP contribution in [-0.2, 0) is 14.3 Å². The number of methoxy groups -OCH3 is 1. The quantitative estimate of drug-likeness (QED) is 0.296. The molecule has 1 aliphatic heterocycles. The molecule has 1 aromatic heterocycles. The van der Waals surface area contributed by atoms with Crippen LogP contribution in [-0.4, -0.2) is 48.2 Å². The third kappa shape index (κ3) is 6.04. The van der Waals surface area contributed by atoms with E-state index in [2.05, 4.69) is 5.32 Å². The van der Waals surface area contributed by atoms with Crippen molar-refractivity contribution >= 4 is 58.1 Å². The van der Waals surface area contributed by atoms with Crippen LogP contribution in [0.1, 0.15) is 23.0 Å². The van der Waals surface area contributed by atoms with Crippen molar-refractivity contribution in [2.75, 3.05) is 25.6 Å². The van der Waals surface area contributed by atoms with E-state index in [0.29, 0.717) is 46.9 Å². The number of carbonyl (C=O) groups is 4. The minimum absolute atomic E-state index is 0.117. The second kappa shape index (κ2) is 11.4. The number of amides is 3. The average molecular weight is 541 g/mol. The first kappa shape index (κ1) is 26.1. The molecule has 0 radical (unpaired) electrons. The van der Waals surface area contributed by atoms with Crippen molar-refractivity contribution in [3.05, 3.63) is 75.8 Å². The molecule has 0 bridgehead atoms. The predicted molar refractivity (Wildman–Crippen MR) is 139 cm³/mol. The lowest BCUT2D eigenvalue weighted by molar-refractivity contribution is -0.127. The molecule has 11 heteroatoms. The number of nitrogens with zero attached hydrogens (tertiary/aromatic N) is 1. The van der Waals surface area contributed by atoms with Gasteiger partial charge < -0.3 is 19.2 Å². The molecule has 3 amide bonds. The third-order valence-corrected chi connectivity index (χ3v) is 6.42. The van der Waals surface area contributed by atoms with Gasteiger partial charge >= 0.3 is 5.97 Å². The predicted octanol–water partition coefficient (Wildman–Crippen LogP) is 5.46. The molecule has 1 N–H and O–H groups in total. The fourth-order valence-corrected chi connectivity index (χ4v) is 4.45. The molecule has 0 unspecified atom stereocenters. The number of carbonyl (C=O) groups excluding carboxylic acids is 4. The SMILES string of the molecule is CCOc1ccc(NC(=O)CN2C(=O)S/C(=C/c3ccc(-c4ccc(Cl)c(C(=O)OC)c4)o3)C2=O)cc1. The number of hydrogen-bond donors (Lipinski definition) is 1. The molecule has 0 aliphatic carbocycles. The van der Waals surface area contributed by atoms with Crippen LogP contribution >= 0.6 is 23.4 Å². The van der Waals surface area contributed by atoms with Gasteiger partial charge in [0, 0.05) is 17.3 Å². The second-order valence-electron chi connectivity index (χ2n) is 7.66. The van der Waals surface area contributed by atoms with E-state index in [0.717, 1.165) is 4.90 Å². The molecule has 2 aromatic carbocycles. The minimum atomic E-state index is -0.603. The monoisotopic (exact) mass is 540 g/mol. The van der Waals surface area contributed by atoms with Gasteiger partial charge in [0.15, 0.2) is 0 Å². The number of rotatable bonds is 8. The van der Waals surface area contributed by atoms with Crippen molar-refractivity contribution < 1.29 is 33.1 Å². The minimum Gasteiger partial charge on any atom is -0.494 e. The number of nitrogens with one attached hydrogen (secondary N) is 1. The molecule has 190 valence electrons. The second-order valence-corrected chi connectivity index (χ2v) is 9.06. The van der Waals surface area contributed by atoms with Crippen molar-refractivity contribution in [3.63, 3.8) is 0 Å². The zero-order valence-electron chi connectivity index (χ0n) is 19.8. The number of anilines is 1. The summed E-state index contributed by atoms with van der Waals surface area (Å²) in [6.45, 7) is 1.96. The van der Waals surface area contributed by atoms with Gasteiger partial charge in [-0.3, -0.25) is 19.3 Å². The van der Waals surface area contributed by atoms with Crippen LogP contribution in [0.25, 0.3) is 17.4 Å². The van der Waals surface area contributed by atoms with Crippen LogP contribution in [0, 0.1) is 0 Å². The molecule has 37 heavy (non-hydrogen) atoms. The first-order valence-electron chi connectivity index (χ1n) is 11.0. The van der Waals surface area contributed by atoms with E-state index in [4.69, 9.17) is 25.5 Å². The maximum absolute atomic E-state index is 12.8.